The molecule has 2 aromatic rings. The fraction of sp³-hybridized carbons (Fsp3) is 0.654. The van der Waals surface area contributed by atoms with E-state index in [1.165, 1.54) is 6.07 Å². The molecule has 6 nitrogen and oxygen atoms in total. The molecule has 0 saturated heterocycles. The highest BCUT2D eigenvalue weighted by atomic mass is 19.4. The van der Waals surface area contributed by atoms with E-state index in [4.69, 9.17) is 9.15 Å². The van der Waals surface area contributed by atoms with Gasteiger partial charge in [-0.25, -0.2) is 14.4 Å². The minimum atomic E-state index is -4.40. The normalized spacial score (nSPS) is 23.2. The average molecular weight is 512 g/mol. The molecule has 36 heavy (non-hydrogen) atoms. The Bertz CT molecular complexity index is 1030. The number of alkyl halides is 4. The van der Waals surface area contributed by atoms with Crippen molar-refractivity contribution < 1.29 is 31.5 Å². The number of fused-ring (bicyclic) bond motifs is 1. The van der Waals surface area contributed by atoms with E-state index in [2.05, 4.69) is 14.9 Å². The largest absolute Gasteiger partial charge is 0.468 e. The number of halogens is 4. The van der Waals surface area contributed by atoms with Crippen LogP contribution in [0.4, 0.5) is 17.6 Å². The van der Waals surface area contributed by atoms with Crippen molar-refractivity contribution in [2.45, 2.75) is 76.6 Å². The van der Waals surface area contributed by atoms with Crippen LogP contribution in [0.3, 0.4) is 0 Å². The molecule has 0 unspecified atom stereocenters. The molecule has 0 atom stereocenters. The molecule has 1 saturated carbocycles. The number of hydrogen-bond acceptors (Lipinski definition) is 6. The second-order valence-electron chi connectivity index (χ2n) is 10.1. The first-order chi connectivity index (χ1) is 17.1. The van der Waals surface area contributed by atoms with Gasteiger partial charge < -0.3 is 14.1 Å². The fourth-order valence-corrected chi connectivity index (χ4v) is 5.15. The van der Waals surface area contributed by atoms with Crippen molar-refractivity contribution >= 4 is 5.78 Å². The van der Waals surface area contributed by atoms with Crippen LogP contribution < -0.4 is 4.74 Å². The van der Waals surface area contributed by atoms with Crippen LogP contribution in [0.1, 0.15) is 61.4 Å². The zero-order valence-electron chi connectivity index (χ0n) is 20.6. The third-order valence-corrected chi connectivity index (χ3v) is 7.22. The molecule has 4 rings (SSSR count). The lowest BCUT2D eigenvalue weighted by molar-refractivity contribution is -0.154. The van der Waals surface area contributed by atoms with Crippen molar-refractivity contribution in [1.29, 1.82) is 0 Å². The molecule has 0 radical (unpaired) electrons. The van der Waals surface area contributed by atoms with E-state index >= 15 is 4.39 Å². The summed E-state index contributed by atoms with van der Waals surface area (Å²) < 4.78 is 62.9. The number of ether oxygens (including phenoxy) is 1. The third kappa shape index (κ3) is 7.75. The minimum absolute atomic E-state index is 0.0200. The molecule has 3 heterocycles. The molecule has 10 heteroatoms. The van der Waals surface area contributed by atoms with E-state index in [1.807, 2.05) is 0 Å². The van der Waals surface area contributed by atoms with Gasteiger partial charge in [0, 0.05) is 51.2 Å². The van der Waals surface area contributed by atoms with Gasteiger partial charge in [-0.15, -0.1) is 0 Å². The number of carbonyl (C=O) groups excluding carboxylic acids is 1. The Morgan fingerprint density at radius 1 is 1.22 bits per heavy atom. The number of rotatable bonds is 9. The Balaban J connectivity index is 1.19. The summed E-state index contributed by atoms with van der Waals surface area (Å²) >= 11 is 0. The average Bonchev–Trinajstić information content (AvgIpc) is 3.11. The molecule has 0 N–H and O–H groups in total. The van der Waals surface area contributed by atoms with E-state index in [0.717, 1.165) is 24.2 Å². The summed E-state index contributed by atoms with van der Waals surface area (Å²) in [4.78, 5) is 22.8. The van der Waals surface area contributed by atoms with Gasteiger partial charge in [-0.05, 0) is 50.0 Å². The lowest BCUT2D eigenvalue weighted by Gasteiger charge is -2.35. The van der Waals surface area contributed by atoms with Crippen LogP contribution in [0.25, 0.3) is 0 Å². The van der Waals surface area contributed by atoms with E-state index in [-0.39, 0.29) is 24.0 Å². The standard InChI is InChI=1S/C26H33F4N3O3/c1-18-31-16-22(36-18)15-21(34)14-19-4-8-25(27,9-5-19)10-13-33-11-6-20-2-3-24(32-23(20)7-12-33)35-17-26(28,29)30/h2-3,16,19H,4-15,17H2,1H3. The van der Waals surface area contributed by atoms with Crippen molar-refractivity contribution in [3.63, 3.8) is 0 Å². The van der Waals surface area contributed by atoms with Crippen LogP contribution in [-0.4, -0.2) is 58.7 Å². The molecule has 2 aliphatic rings. The maximum atomic E-state index is 15.5. The highest BCUT2D eigenvalue weighted by Gasteiger charge is 2.36. The number of pyridine rings is 1. The van der Waals surface area contributed by atoms with E-state index in [9.17, 15) is 18.0 Å². The zero-order chi connectivity index (χ0) is 25.8. The summed E-state index contributed by atoms with van der Waals surface area (Å²) in [6.45, 7) is 2.43. The second kappa shape index (κ2) is 11.3. The first kappa shape index (κ1) is 26.6. The molecule has 0 aromatic carbocycles. The Morgan fingerprint density at radius 2 is 1.97 bits per heavy atom. The highest BCUT2D eigenvalue weighted by molar-refractivity contribution is 5.80. The molecule has 1 fully saturated rings. The van der Waals surface area contributed by atoms with E-state index in [0.29, 0.717) is 69.7 Å². The van der Waals surface area contributed by atoms with Crippen LogP contribution in [0.15, 0.2) is 22.7 Å². The summed E-state index contributed by atoms with van der Waals surface area (Å²) in [5.74, 6) is 1.41. The van der Waals surface area contributed by atoms with Gasteiger partial charge >= 0.3 is 6.18 Å². The topological polar surface area (TPSA) is 68.5 Å². The molecule has 0 amide bonds. The Morgan fingerprint density at radius 3 is 2.67 bits per heavy atom. The van der Waals surface area contributed by atoms with Crippen LogP contribution in [0.5, 0.6) is 5.88 Å². The molecular weight excluding hydrogens is 478 g/mol. The molecule has 198 valence electrons. The van der Waals surface area contributed by atoms with E-state index in [1.54, 1.807) is 19.2 Å². The Labute approximate surface area is 208 Å². The first-order valence-electron chi connectivity index (χ1n) is 12.6. The quantitative estimate of drug-likeness (QED) is 0.431. The maximum absolute atomic E-state index is 15.5. The summed E-state index contributed by atoms with van der Waals surface area (Å²) in [6, 6.07) is 3.26. The number of Topliss-reactive ketones (excluding diaryl/α,β-unsaturated/α-hetero) is 1. The zero-order valence-corrected chi connectivity index (χ0v) is 20.6. The maximum Gasteiger partial charge on any atom is 0.422 e. The molecule has 0 spiro atoms. The van der Waals surface area contributed by atoms with Gasteiger partial charge in [0.2, 0.25) is 5.88 Å². The lowest BCUT2D eigenvalue weighted by atomic mass is 9.76. The van der Waals surface area contributed by atoms with Crippen molar-refractivity contribution in [3.05, 3.63) is 41.2 Å². The van der Waals surface area contributed by atoms with Crippen molar-refractivity contribution in [1.82, 2.24) is 14.9 Å². The Kier molecular flexibility index (Phi) is 8.32. The number of hydrogen-bond donors (Lipinski definition) is 0. The molecule has 2 aromatic heterocycles. The molecule has 1 aliphatic carbocycles. The second-order valence-corrected chi connectivity index (χ2v) is 10.1. The van der Waals surface area contributed by atoms with Gasteiger partial charge in [0.15, 0.2) is 12.5 Å². The van der Waals surface area contributed by atoms with Crippen LogP contribution in [0, 0.1) is 12.8 Å². The number of nitrogens with zero attached hydrogens (tertiary/aromatic N) is 3. The van der Waals surface area contributed by atoms with E-state index < -0.39 is 18.5 Å². The van der Waals surface area contributed by atoms with Gasteiger partial charge in [0.25, 0.3) is 0 Å². The van der Waals surface area contributed by atoms with Crippen molar-refractivity contribution in [3.8, 4) is 5.88 Å². The van der Waals surface area contributed by atoms with Gasteiger partial charge in [-0.3, -0.25) is 4.79 Å². The Hall–Kier alpha value is -2.49. The molecule has 0 bridgehead atoms. The summed E-state index contributed by atoms with van der Waals surface area (Å²) in [7, 11) is 0. The fourth-order valence-electron chi connectivity index (χ4n) is 5.15. The van der Waals surface area contributed by atoms with Crippen LogP contribution >= 0.6 is 0 Å². The first-order valence-corrected chi connectivity index (χ1v) is 12.6. The molecule has 1 aliphatic heterocycles. The summed E-state index contributed by atoms with van der Waals surface area (Å²) in [5, 5.41) is 0. The number of aromatic nitrogens is 2. The number of ketones is 1. The smallest absolute Gasteiger partial charge is 0.422 e. The van der Waals surface area contributed by atoms with Crippen LogP contribution in [0.2, 0.25) is 0 Å². The highest BCUT2D eigenvalue weighted by Crippen LogP contribution is 2.39. The van der Waals surface area contributed by atoms with Crippen LogP contribution in [-0.2, 0) is 24.1 Å². The summed E-state index contributed by atoms with van der Waals surface area (Å²) in [5.41, 5.74) is 0.521. The predicted molar refractivity (Wildman–Crippen MR) is 125 cm³/mol. The SMILES string of the molecule is Cc1ncc(CC(=O)CC2CCC(F)(CCN3CCc4ccc(OCC(F)(F)F)nc4CC3)CC2)o1. The van der Waals surface area contributed by atoms with Crippen molar-refractivity contribution in [2.24, 2.45) is 5.92 Å². The van der Waals surface area contributed by atoms with Gasteiger partial charge in [0.1, 0.15) is 17.2 Å². The minimum Gasteiger partial charge on any atom is -0.468 e. The number of oxazole rings is 1. The monoisotopic (exact) mass is 511 g/mol. The predicted octanol–water partition coefficient (Wildman–Crippen LogP) is 5.21. The van der Waals surface area contributed by atoms with Gasteiger partial charge in [-0.2, -0.15) is 13.2 Å². The lowest BCUT2D eigenvalue weighted by Crippen LogP contribution is -2.36. The molecular formula is C26H33F4N3O3. The van der Waals surface area contributed by atoms with Crippen molar-refractivity contribution in [2.75, 3.05) is 26.2 Å². The number of carbonyl (C=O) groups is 1. The van der Waals surface area contributed by atoms with Gasteiger partial charge in [0.05, 0.1) is 12.6 Å². The number of aryl methyl sites for hydroxylation is 1. The van der Waals surface area contributed by atoms with Gasteiger partial charge in [-0.1, -0.05) is 6.07 Å². The summed E-state index contributed by atoms with van der Waals surface area (Å²) in [6.07, 6.45) is 1.93. The third-order valence-electron chi connectivity index (χ3n) is 7.22.